The number of methoxy groups -OCH3 is 2. The Morgan fingerprint density at radius 3 is 1.56 bits per heavy atom. The number of esters is 2. The zero-order valence-corrected chi connectivity index (χ0v) is 43.9. The van der Waals surface area contributed by atoms with Gasteiger partial charge in [0.05, 0.1) is 80.3 Å². The highest BCUT2D eigenvalue weighted by Crippen LogP contribution is 2.32. The van der Waals surface area contributed by atoms with Crippen molar-refractivity contribution in [1.29, 1.82) is 0 Å². The molecule has 12 rings (SSSR count). The third-order valence-electron chi connectivity index (χ3n) is 13.7. The van der Waals surface area contributed by atoms with Gasteiger partial charge < -0.3 is 35.1 Å². The normalized spacial score (nSPS) is 14.7. The summed E-state index contributed by atoms with van der Waals surface area (Å²) < 4.78 is 39.8. The van der Waals surface area contributed by atoms with Crippen molar-refractivity contribution in [1.82, 2.24) is 40.0 Å². The number of aromatic carboxylic acids is 1. The molecule has 22 heteroatoms. The number of fused-ring (bicyclic) bond motifs is 4. The summed E-state index contributed by atoms with van der Waals surface area (Å²) >= 11 is 0. The largest absolute Gasteiger partial charge is 0.476 e. The number of H-pyrrole nitrogens is 2. The second-order valence-electron chi connectivity index (χ2n) is 18.8. The van der Waals surface area contributed by atoms with E-state index in [0.29, 0.717) is 104 Å². The van der Waals surface area contributed by atoms with E-state index in [1.54, 1.807) is 77.5 Å². The number of hydrogen-bond acceptors (Lipinski definition) is 15. The van der Waals surface area contributed by atoms with Crippen LogP contribution in [-0.2, 0) is 32.0 Å². The van der Waals surface area contributed by atoms with Crippen molar-refractivity contribution in [3.05, 3.63) is 177 Å². The number of ether oxygens (including phenoxy) is 4. The predicted octanol–water partition coefficient (Wildman–Crippen LogP) is 8.33. The van der Waals surface area contributed by atoms with Gasteiger partial charge in [-0.3, -0.25) is 28.1 Å². The molecule has 1 amide bonds. The number of anilines is 2. The molecule has 0 radical (unpaired) electrons. The fourth-order valence-corrected chi connectivity index (χ4v) is 9.79. The van der Waals surface area contributed by atoms with Gasteiger partial charge in [0.25, 0.3) is 17.0 Å². The van der Waals surface area contributed by atoms with Crippen LogP contribution in [0.5, 0.6) is 0 Å². The Bertz CT molecular complexity index is 4110. The van der Waals surface area contributed by atoms with E-state index in [9.17, 15) is 33.2 Å². The van der Waals surface area contributed by atoms with Crippen LogP contribution in [0.15, 0.2) is 143 Å². The van der Waals surface area contributed by atoms with Gasteiger partial charge in [-0.1, -0.05) is 72.8 Å². The molecule has 4 aromatic heterocycles. The number of para-hydroxylation sites is 2. The average Bonchev–Trinajstić information content (AvgIpc) is 4.42. The molecular weight excluding hydrogens is 1040 g/mol. The first kappa shape index (κ1) is 54.4. The van der Waals surface area contributed by atoms with Gasteiger partial charge in [0.2, 0.25) is 0 Å². The molecule has 81 heavy (non-hydrogen) atoms. The molecule has 6 heterocycles. The summed E-state index contributed by atoms with van der Waals surface area (Å²) in [6, 6.07) is 38.9. The van der Waals surface area contributed by atoms with Gasteiger partial charge in [0, 0.05) is 82.2 Å². The molecule has 0 bridgehead atoms. The van der Waals surface area contributed by atoms with E-state index >= 15 is 0 Å². The van der Waals surface area contributed by atoms with Gasteiger partial charge in [-0.05, 0) is 73.5 Å². The molecular formula is C59H55FN10O11. The standard InChI is InChI=1S/C29H25N5O5.C16H13N3O3.C13H14N2O3.CH3F/c1-38-29(37)23-14-18(10-11-20(23)25-19-6-2-3-7-21(19)27(35)32-31-25)30-28(36)26-22-8-4-5-9-24(22)34(33-26)15-17-12-13-39-16-17;1-22-16(21)13-8-9(17)6-7-11(13)14-10-4-2-3-5-12(10)15(20)19-18-14;16-13(17)12-10-3-1-2-4-11(10)15(14-12)7-9-5-6-18-8-9;1-2/h2-11,14,17H,12-13,15-16H2,1H3,(H,30,36)(H,32,35);2-8H,17H2,1H3,(H,19,20);1-4,9H,5-8H2,(H,16,17);1H3/i;;;1D. The van der Waals surface area contributed by atoms with Crippen molar-refractivity contribution >= 4 is 78.5 Å². The van der Waals surface area contributed by atoms with E-state index in [2.05, 4.69) is 35.9 Å². The minimum atomic E-state index is -1.00. The highest BCUT2D eigenvalue weighted by molar-refractivity contribution is 6.12. The predicted molar refractivity (Wildman–Crippen MR) is 302 cm³/mol. The van der Waals surface area contributed by atoms with E-state index < -0.39 is 31.0 Å². The summed E-state index contributed by atoms with van der Waals surface area (Å²) in [6.45, 7) is 4.31. The Morgan fingerprint density at radius 2 is 1.09 bits per heavy atom. The number of aromatic nitrogens is 8. The summed E-state index contributed by atoms with van der Waals surface area (Å²) in [6.07, 6.45) is 1.97. The molecule has 2 aliphatic rings. The zero-order valence-electron chi connectivity index (χ0n) is 44.9. The molecule has 414 valence electrons. The van der Waals surface area contributed by atoms with Crippen molar-refractivity contribution in [2.45, 2.75) is 25.9 Å². The molecule has 0 spiro atoms. The monoisotopic (exact) mass is 1100 g/mol. The minimum Gasteiger partial charge on any atom is -0.476 e. The van der Waals surface area contributed by atoms with Crippen LogP contribution in [0.25, 0.3) is 65.9 Å². The summed E-state index contributed by atoms with van der Waals surface area (Å²) in [5.74, 6) is -1.73. The van der Waals surface area contributed by atoms with E-state index in [1.165, 1.54) is 26.4 Å². The van der Waals surface area contributed by atoms with Crippen molar-refractivity contribution in [3.8, 4) is 22.5 Å². The van der Waals surface area contributed by atoms with E-state index in [-0.39, 0.29) is 22.4 Å². The van der Waals surface area contributed by atoms with Gasteiger partial charge in [-0.2, -0.15) is 20.4 Å². The third kappa shape index (κ3) is 12.1. The van der Waals surface area contributed by atoms with Crippen LogP contribution in [-0.4, -0.2) is 117 Å². The number of nitrogens with zero attached hydrogens (tertiary/aromatic N) is 6. The van der Waals surface area contributed by atoms with Crippen LogP contribution in [0.1, 0.15) is 55.9 Å². The van der Waals surface area contributed by atoms with E-state index in [1.807, 2.05) is 53.2 Å². The maximum Gasteiger partial charge on any atom is 0.357 e. The maximum atomic E-state index is 13.4. The molecule has 6 aromatic carbocycles. The van der Waals surface area contributed by atoms with Crippen molar-refractivity contribution in [2.75, 3.05) is 58.9 Å². The first-order valence-electron chi connectivity index (χ1n) is 26.1. The Balaban J connectivity index is 0.000000158. The van der Waals surface area contributed by atoms with Crippen LogP contribution in [0, 0.1) is 11.8 Å². The van der Waals surface area contributed by atoms with E-state index in [4.69, 9.17) is 31.2 Å². The van der Waals surface area contributed by atoms with Crippen LogP contribution in [0.2, 0.25) is 0 Å². The van der Waals surface area contributed by atoms with E-state index in [0.717, 1.165) is 49.1 Å². The zero-order chi connectivity index (χ0) is 57.9. The SMILES string of the molecule is COC(=O)c1cc(N)ccc1-c1n[nH]c(=O)c2ccccc12.COC(=O)c1cc(NC(=O)c2nn(CC3CCOC3)c3ccccc23)ccc1-c1n[nH]c(=O)c2ccccc12.O=C(O)c1nn(CC2CCOC2)c2ccccc12.[2H]CF. The van der Waals surface area contributed by atoms with Crippen LogP contribution in [0.4, 0.5) is 15.8 Å². The van der Waals surface area contributed by atoms with Gasteiger partial charge >= 0.3 is 17.9 Å². The van der Waals surface area contributed by atoms with Crippen molar-refractivity contribution in [2.24, 2.45) is 11.8 Å². The number of hydrogen-bond donors (Lipinski definition) is 5. The molecule has 6 N–H and O–H groups in total. The Kier molecular flexibility index (Phi) is 17.0. The number of rotatable bonds is 11. The Labute approximate surface area is 461 Å². The minimum absolute atomic E-state index is 0.129. The first-order valence-corrected chi connectivity index (χ1v) is 25.4. The molecule has 2 aliphatic heterocycles. The molecule has 0 saturated carbocycles. The van der Waals surface area contributed by atoms with Crippen molar-refractivity contribution < 1.29 is 49.0 Å². The van der Waals surface area contributed by atoms with Gasteiger partial charge in [-0.15, -0.1) is 0 Å². The average molecular weight is 1100 g/mol. The number of aromatic amines is 2. The lowest BCUT2D eigenvalue weighted by molar-refractivity contribution is 0.0592. The number of alkyl halides is 1. The number of carbonyl (C=O) groups is 4. The number of carbonyl (C=O) groups excluding carboxylic acids is 3. The lowest BCUT2D eigenvalue weighted by Crippen LogP contribution is -2.16. The molecule has 21 nitrogen and oxygen atoms in total. The van der Waals surface area contributed by atoms with Crippen molar-refractivity contribution in [3.63, 3.8) is 0 Å². The van der Waals surface area contributed by atoms with Gasteiger partial charge in [0.15, 0.2) is 11.4 Å². The topological polar surface area (TPSA) is 291 Å². The second kappa shape index (κ2) is 25.2. The quantitative estimate of drug-likeness (QED) is 0.0601. The fraction of sp³-hybridized carbons (Fsp3) is 0.220. The van der Waals surface area contributed by atoms with Gasteiger partial charge in [0.1, 0.15) is 0 Å². The lowest BCUT2D eigenvalue weighted by Gasteiger charge is -2.12. The van der Waals surface area contributed by atoms with Crippen LogP contribution in [0.3, 0.4) is 0 Å². The number of halogens is 1. The van der Waals surface area contributed by atoms with Gasteiger partial charge in [-0.25, -0.2) is 24.6 Å². The molecule has 2 atom stereocenters. The molecule has 2 fully saturated rings. The number of carboxylic acid groups (broad SMARTS) is 1. The molecule has 10 aromatic rings. The summed E-state index contributed by atoms with van der Waals surface area (Å²) in [4.78, 5) is 73.5. The molecule has 2 unspecified atom stereocenters. The number of nitrogen functional groups attached to an aromatic ring is 1. The number of nitrogens with two attached hydrogens (primary N) is 1. The maximum absolute atomic E-state index is 13.4. The number of nitrogens with one attached hydrogen (secondary N) is 3. The Hall–Kier alpha value is -9.93. The fourth-order valence-electron chi connectivity index (χ4n) is 9.79. The highest BCUT2D eigenvalue weighted by Gasteiger charge is 2.25. The number of benzene rings is 6. The number of carboxylic acids is 1. The molecule has 0 aliphatic carbocycles. The van der Waals surface area contributed by atoms with Crippen LogP contribution < -0.4 is 22.2 Å². The lowest BCUT2D eigenvalue weighted by atomic mass is 9.99. The first-order chi connectivity index (χ1) is 39.8. The van der Waals surface area contributed by atoms with Crippen LogP contribution >= 0.6 is 0 Å². The summed E-state index contributed by atoms with van der Waals surface area (Å²) in [5, 5.41) is 37.8. The summed E-state index contributed by atoms with van der Waals surface area (Å²) in [7, 11) is 1.58. The second-order valence-corrected chi connectivity index (χ2v) is 18.8. The smallest absolute Gasteiger partial charge is 0.357 e. The molecule has 2 saturated heterocycles. The third-order valence-corrected chi connectivity index (χ3v) is 13.7. The highest BCUT2D eigenvalue weighted by atomic mass is 19.1. The summed E-state index contributed by atoms with van der Waals surface area (Å²) in [5.41, 5.74) is 10.6. The Morgan fingerprint density at radius 1 is 0.654 bits per heavy atom. The number of amides is 1.